The number of carbonyl (C=O) groups excluding carboxylic acids is 1. The largest absolute Gasteiger partial charge is 0.480 e. The van der Waals surface area contributed by atoms with Crippen LogP contribution in [0.3, 0.4) is 0 Å². The smallest absolute Gasteiger partial charge is 0.317 e. The second kappa shape index (κ2) is 15.2. The molecule has 1 heterocycles. The first-order valence-corrected chi connectivity index (χ1v) is 12.7. The van der Waals surface area contributed by atoms with Gasteiger partial charge in [-0.15, -0.1) is 0 Å². The van der Waals surface area contributed by atoms with Crippen molar-refractivity contribution in [2.75, 3.05) is 39.4 Å². The van der Waals surface area contributed by atoms with E-state index in [1.54, 1.807) is 0 Å². The summed E-state index contributed by atoms with van der Waals surface area (Å²) >= 11 is 0. The van der Waals surface area contributed by atoms with E-state index < -0.39 is 5.97 Å². The number of aldehydes is 1. The fourth-order valence-corrected chi connectivity index (χ4v) is 5.67. The van der Waals surface area contributed by atoms with E-state index in [0.717, 1.165) is 6.29 Å². The number of rotatable bonds is 10. The number of carboxylic acid groups (broad SMARTS) is 1. The van der Waals surface area contributed by atoms with Crippen LogP contribution in [0.1, 0.15) is 55.4 Å². The third-order valence-electron chi connectivity index (χ3n) is 8.46. The summed E-state index contributed by atoms with van der Waals surface area (Å²) in [5.41, 5.74) is 0. The van der Waals surface area contributed by atoms with Gasteiger partial charge in [-0.2, -0.15) is 0 Å². The summed E-state index contributed by atoms with van der Waals surface area (Å²) in [5, 5.41) is 27.9. The molecule has 1 aliphatic rings. The predicted molar refractivity (Wildman–Crippen MR) is 133 cm³/mol. The van der Waals surface area contributed by atoms with Gasteiger partial charge in [-0.3, -0.25) is 34.9 Å². The van der Waals surface area contributed by atoms with Crippen molar-refractivity contribution in [2.24, 2.45) is 0 Å². The molecule has 11 nitrogen and oxygen atoms in total. The number of hydrogen-bond acceptors (Lipinski definition) is 10. The Bertz CT molecular complexity index is 643. The minimum absolute atomic E-state index is 0.00528. The van der Waals surface area contributed by atoms with Crippen LogP contribution in [0.4, 0.5) is 0 Å². The van der Waals surface area contributed by atoms with E-state index in [9.17, 15) is 14.7 Å². The van der Waals surface area contributed by atoms with E-state index in [4.69, 9.17) is 10.5 Å². The van der Waals surface area contributed by atoms with Crippen LogP contribution in [0, 0.1) is 0 Å². The molecule has 8 unspecified atom stereocenters. The Labute approximate surface area is 210 Å². The summed E-state index contributed by atoms with van der Waals surface area (Å²) in [5.74, 6) is -0.902. The average molecular weight is 505 g/mol. The third-order valence-corrected chi connectivity index (χ3v) is 8.46. The SMILES string of the molecule is CC1C(C)N(CCOO)C(C)C(C)N(CCOO)C(C)C(C)N(CC(=O)O)C(C)C(C)N1CC=O. The van der Waals surface area contributed by atoms with Crippen molar-refractivity contribution in [3.8, 4) is 0 Å². The molecule has 0 aliphatic carbocycles. The summed E-state index contributed by atoms with van der Waals surface area (Å²) in [6.45, 7) is 17.9. The molecule has 1 fully saturated rings. The van der Waals surface area contributed by atoms with Crippen molar-refractivity contribution in [3.05, 3.63) is 0 Å². The van der Waals surface area contributed by atoms with Gasteiger partial charge in [-0.1, -0.05) is 0 Å². The first kappa shape index (κ1) is 31.8. The molecule has 1 aliphatic heterocycles. The van der Waals surface area contributed by atoms with Crippen molar-refractivity contribution < 1.29 is 35.0 Å². The molecule has 0 saturated carbocycles. The molecule has 0 spiro atoms. The molecule has 0 aromatic heterocycles. The zero-order valence-electron chi connectivity index (χ0n) is 22.7. The van der Waals surface area contributed by atoms with Crippen LogP contribution >= 0.6 is 0 Å². The third kappa shape index (κ3) is 8.16. The van der Waals surface area contributed by atoms with Crippen molar-refractivity contribution >= 4 is 12.3 Å². The van der Waals surface area contributed by atoms with Gasteiger partial charge in [0, 0.05) is 61.4 Å². The Morgan fingerprint density at radius 2 is 0.971 bits per heavy atom. The Morgan fingerprint density at radius 3 is 1.26 bits per heavy atom. The number of hydrogen-bond donors (Lipinski definition) is 3. The summed E-state index contributed by atoms with van der Waals surface area (Å²) in [6, 6.07) is -0.523. The van der Waals surface area contributed by atoms with E-state index in [2.05, 4.69) is 59.1 Å². The molecular weight excluding hydrogens is 456 g/mol. The molecule has 206 valence electrons. The molecule has 1 rings (SSSR count). The lowest BCUT2D eigenvalue weighted by Crippen LogP contribution is -2.66. The van der Waals surface area contributed by atoms with Crippen molar-refractivity contribution in [1.82, 2.24) is 19.6 Å². The summed E-state index contributed by atoms with van der Waals surface area (Å²) in [4.78, 5) is 41.1. The topological polar surface area (TPSA) is 126 Å². The molecule has 8 atom stereocenters. The summed E-state index contributed by atoms with van der Waals surface area (Å²) in [7, 11) is 0. The Balaban J connectivity index is 3.64. The zero-order valence-corrected chi connectivity index (χ0v) is 22.7. The highest BCUT2D eigenvalue weighted by Crippen LogP contribution is 2.27. The molecule has 0 amide bonds. The predicted octanol–water partition coefficient (Wildman–Crippen LogP) is 1.58. The zero-order chi connectivity index (χ0) is 26.9. The molecule has 0 radical (unpaired) electrons. The lowest BCUT2D eigenvalue weighted by Gasteiger charge is -2.52. The van der Waals surface area contributed by atoms with Crippen LogP contribution in [-0.4, -0.2) is 135 Å². The normalized spacial score (nSPS) is 35.4. The van der Waals surface area contributed by atoms with E-state index in [1.165, 1.54) is 0 Å². The first-order chi connectivity index (χ1) is 16.4. The fraction of sp³-hybridized carbons (Fsp3) is 0.917. The number of carbonyl (C=O) groups is 2. The number of carboxylic acids is 1. The van der Waals surface area contributed by atoms with Gasteiger partial charge in [0.25, 0.3) is 0 Å². The van der Waals surface area contributed by atoms with Gasteiger partial charge >= 0.3 is 5.97 Å². The van der Waals surface area contributed by atoms with Crippen LogP contribution in [0.2, 0.25) is 0 Å². The van der Waals surface area contributed by atoms with Crippen molar-refractivity contribution in [3.63, 3.8) is 0 Å². The van der Waals surface area contributed by atoms with Gasteiger partial charge < -0.3 is 9.90 Å². The molecule has 1 saturated heterocycles. The standard InChI is InChI=1S/C24H48N4O7/c1-16-17(2)26(10-13-34-32)18(3)19(4)27(11-14-35-33)21(6)23(8)28(15-24(30)31)22(7)20(5)25(16)9-12-29/h12,16-23,32-33H,9-11,13-15H2,1-8H3,(H,30,31). The maximum Gasteiger partial charge on any atom is 0.317 e. The second-order valence-electron chi connectivity index (χ2n) is 10.00. The van der Waals surface area contributed by atoms with E-state index in [1.807, 2.05) is 25.7 Å². The van der Waals surface area contributed by atoms with Gasteiger partial charge in [0.05, 0.1) is 26.3 Å². The van der Waals surface area contributed by atoms with E-state index >= 15 is 0 Å². The fourth-order valence-electron chi connectivity index (χ4n) is 5.67. The average Bonchev–Trinajstić information content (AvgIpc) is 2.83. The van der Waals surface area contributed by atoms with E-state index in [-0.39, 0.29) is 74.6 Å². The molecule has 11 heteroatoms. The highest BCUT2D eigenvalue weighted by molar-refractivity contribution is 5.69. The Hall–Kier alpha value is -1.18. The minimum atomic E-state index is -0.902. The Morgan fingerprint density at radius 1 is 0.657 bits per heavy atom. The first-order valence-electron chi connectivity index (χ1n) is 12.7. The quantitative estimate of drug-likeness (QED) is 0.228. The highest BCUT2D eigenvalue weighted by atomic mass is 17.1. The molecule has 0 aromatic carbocycles. The van der Waals surface area contributed by atoms with Gasteiger partial charge in [0.2, 0.25) is 0 Å². The lowest BCUT2D eigenvalue weighted by molar-refractivity contribution is -0.248. The van der Waals surface area contributed by atoms with Crippen molar-refractivity contribution in [2.45, 2.75) is 104 Å². The lowest BCUT2D eigenvalue weighted by atomic mass is 9.94. The molecular formula is C24H48N4O7. The van der Waals surface area contributed by atoms with Crippen LogP contribution in [0.5, 0.6) is 0 Å². The molecule has 3 N–H and O–H groups in total. The van der Waals surface area contributed by atoms with E-state index in [0.29, 0.717) is 13.1 Å². The maximum atomic E-state index is 11.9. The maximum absolute atomic E-state index is 11.9. The van der Waals surface area contributed by atoms with Gasteiger partial charge in [0.15, 0.2) is 0 Å². The second-order valence-corrected chi connectivity index (χ2v) is 10.00. The molecule has 35 heavy (non-hydrogen) atoms. The highest BCUT2D eigenvalue weighted by Gasteiger charge is 2.40. The summed E-state index contributed by atoms with van der Waals surface area (Å²) < 4.78 is 0. The van der Waals surface area contributed by atoms with Crippen LogP contribution in [-0.2, 0) is 19.4 Å². The Kier molecular flexibility index (Phi) is 13.8. The summed E-state index contributed by atoms with van der Waals surface area (Å²) in [6.07, 6.45) is 0.899. The minimum Gasteiger partial charge on any atom is -0.480 e. The van der Waals surface area contributed by atoms with Crippen LogP contribution in [0.15, 0.2) is 0 Å². The van der Waals surface area contributed by atoms with Gasteiger partial charge in [0.1, 0.15) is 6.29 Å². The van der Waals surface area contributed by atoms with Crippen LogP contribution < -0.4 is 0 Å². The molecule has 0 bridgehead atoms. The number of nitrogens with zero attached hydrogens (tertiary/aromatic N) is 4. The van der Waals surface area contributed by atoms with Crippen LogP contribution in [0.25, 0.3) is 0 Å². The molecule has 0 aromatic rings. The number of aliphatic carboxylic acids is 1. The van der Waals surface area contributed by atoms with Gasteiger partial charge in [-0.25, -0.2) is 9.78 Å². The van der Waals surface area contributed by atoms with Crippen molar-refractivity contribution in [1.29, 1.82) is 0 Å². The van der Waals surface area contributed by atoms with Gasteiger partial charge in [-0.05, 0) is 55.4 Å². The monoisotopic (exact) mass is 504 g/mol.